The summed E-state index contributed by atoms with van der Waals surface area (Å²) >= 11 is 1.15. The molecule has 0 aliphatic heterocycles. The minimum Gasteiger partial charge on any atom is -0.508 e. The first-order valence-electron chi connectivity index (χ1n) is 10.9. The third-order valence-corrected chi connectivity index (χ3v) is 8.56. The molecule has 4 rings (SSSR count). The van der Waals surface area contributed by atoms with E-state index in [1.54, 1.807) is 6.92 Å². The van der Waals surface area contributed by atoms with Crippen LogP contribution in [0.3, 0.4) is 0 Å². The second-order valence-electron chi connectivity index (χ2n) is 8.88. The lowest BCUT2D eigenvalue weighted by molar-refractivity contribution is -0.152. The van der Waals surface area contributed by atoms with Crippen LogP contribution in [0.15, 0.2) is 33.9 Å². The summed E-state index contributed by atoms with van der Waals surface area (Å²) in [5.41, 5.74) is -1.13. The zero-order valence-electron chi connectivity index (χ0n) is 19.1. The van der Waals surface area contributed by atoms with E-state index >= 15 is 0 Å². The van der Waals surface area contributed by atoms with Gasteiger partial charge in [-0.1, -0.05) is 6.07 Å². The number of Topliss-reactive ketones (excluding diaryl/α,β-unsaturated/α-hetero) is 2. The van der Waals surface area contributed by atoms with Crippen LogP contribution < -0.4 is 5.73 Å². The van der Waals surface area contributed by atoms with Crippen molar-refractivity contribution in [2.75, 3.05) is 6.61 Å². The van der Waals surface area contributed by atoms with E-state index in [0.717, 1.165) is 0 Å². The first-order valence-corrected chi connectivity index (χ1v) is 12.4. The molecular weight excluding hydrogens is 514 g/mol. The van der Waals surface area contributed by atoms with Gasteiger partial charge in [0.05, 0.1) is 34.7 Å². The number of ketones is 2. The lowest BCUT2D eigenvalue weighted by Gasteiger charge is -2.50. The lowest BCUT2D eigenvalue weighted by Crippen LogP contribution is -2.60. The molecule has 36 heavy (non-hydrogen) atoms. The first kappa shape index (κ1) is 26.2. The van der Waals surface area contributed by atoms with Crippen molar-refractivity contribution in [1.82, 2.24) is 0 Å². The van der Waals surface area contributed by atoms with Gasteiger partial charge in [-0.3, -0.25) is 19.2 Å². The summed E-state index contributed by atoms with van der Waals surface area (Å²) in [6.45, 7) is 3.30. The summed E-state index contributed by atoms with van der Waals surface area (Å²) in [5.74, 6) is -8.35. The summed E-state index contributed by atoms with van der Waals surface area (Å²) < 4.78 is 4.45. The van der Waals surface area contributed by atoms with Gasteiger partial charge in [0, 0.05) is 23.8 Å². The van der Waals surface area contributed by atoms with Gasteiger partial charge in [0.15, 0.2) is 11.4 Å². The molecule has 0 spiro atoms. The van der Waals surface area contributed by atoms with Crippen LogP contribution in [0.5, 0.6) is 5.75 Å². The summed E-state index contributed by atoms with van der Waals surface area (Å²) in [5, 5.41) is 55.5. The number of aliphatic hydroxyl groups is 4. The highest BCUT2D eigenvalue weighted by Gasteiger charge is 2.63. The fraction of sp³-hybridized carbons (Fsp3) is 0.391. The number of thioether (sulfide) groups is 1. The zero-order chi connectivity index (χ0) is 26.7. The van der Waals surface area contributed by atoms with Crippen LogP contribution in [0.2, 0.25) is 0 Å². The van der Waals surface area contributed by atoms with E-state index in [-0.39, 0.29) is 29.1 Å². The van der Waals surface area contributed by atoms with Gasteiger partial charge in [0.1, 0.15) is 22.8 Å². The third kappa shape index (κ3) is 3.65. The maximum absolute atomic E-state index is 13.6. The van der Waals surface area contributed by atoms with Crippen molar-refractivity contribution in [3.8, 4) is 5.75 Å². The summed E-state index contributed by atoms with van der Waals surface area (Å²) in [4.78, 5) is 49.9. The van der Waals surface area contributed by atoms with E-state index < -0.39 is 79.8 Å². The number of amides is 1. The average Bonchev–Trinajstić information content (AvgIpc) is 2.79. The Morgan fingerprint density at radius 2 is 1.86 bits per heavy atom. The van der Waals surface area contributed by atoms with Crippen LogP contribution in [0, 0.1) is 11.8 Å². The molecule has 0 bridgehead atoms. The molecule has 4 atom stereocenters. The Morgan fingerprint density at radius 3 is 2.47 bits per heavy atom. The van der Waals surface area contributed by atoms with Crippen molar-refractivity contribution >= 4 is 51.5 Å². The molecule has 0 saturated heterocycles. The summed E-state index contributed by atoms with van der Waals surface area (Å²) in [7, 11) is 0. The van der Waals surface area contributed by atoms with Crippen molar-refractivity contribution in [3.05, 3.63) is 40.2 Å². The molecule has 3 aliphatic rings. The minimum absolute atomic E-state index is 0.00854. The van der Waals surface area contributed by atoms with Gasteiger partial charge in [-0.05, 0) is 43.7 Å². The van der Waals surface area contributed by atoms with Gasteiger partial charge >= 0.3 is 0 Å². The number of phenols is 1. The number of nitrogens with two attached hydrogens (primary N) is 1. The Bertz CT molecular complexity index is 1280. The highest BCUT2D eigenvalue weighted by molar-refractivity contribution is 8.36. The minimum atomic E-state index is -2.75. The molecule has 0 radical (unpaired) electrons. The fourth-order valence-electron chi connectivity index (χ4n) is 5.19. The highest BCUT2D eigenvalue weighted by atomic mass is 32.2. The van der Waals surface area contributed by atoms with Crippen LogP contribution in [0.4, 0.5) is 4.79 Å². The quantitative estimate of drug-likeness (QED) is 0.185. The SMILES string of the molecule is CCOSC(=O)Sc1ccc2c(c1O)C(O)=C1C(=O)[C@]3(O)C(O)=C(C(N)=O)C(=O)C[C@@H]3C[C@@H]1[C@@]2(C)O. The van der Waals surface area contributed by atoms with Crippen LogP contribution in [-0.2, 0) is 24.2 Å². The predicted molar refractivity (Wildman–Crippen MR) is 128 cm³/mol. The predicted octanol–water partition coefficient (Wildman–Crippen LogP) is 1.99. The molecule has 1 aromatic carbocycles. The number of aromatic hydroxyl groups is 1. The number of rotatable bonds is 4. The van der Waals surface area contributed by atoms with E-state index in [0.29, 0.717) is 23.8 Å². The Labute approximate surface area is 213 Å². The Hall–Kier alpha value is -2.84. The molecule has 0 heterocycles. The number of fused-ring (bicyclic) bond motifs is 3. The van der Waals surface area contributed by atoms with Crippen molar-refractivity contribution in [1.29, 1.82) is 0 Å². The normalized spacial score (nSPS) is 29.6. The Balaban J connectivity index is 1.89. The second-order valence-corrected chi connectivity index (χ2v) is 10.9. The largest absolute Gasteiger partial charge is 0.508 e. The monoisotopic (exact) mass is 537 g/mol. The number of carbonyl (C=O) groups is 4. The third-order valence-electron chi connectivity index (χ3n) is 6.90. The summed E-state index contributed by atoms with van der Waals surface area (Å²) in [6, 6.07) is 2.76. The van der Waals surface area contributed by atoms with Crippen LogP contribution >= 0.6 is 23.8 Å². The van der Waals surface area contributed by atoms with Gasteiger partial charge in [-0.15, -0.1) is 0 Å². The van der Waals surface area contributed by atoms with Crippen molar-refractivity contribution < 1.29 is 48.9 Å². The van der Waals surface area contributed by atoms with Crippen molar-refractivity contribution in [2.45, 2.75) is 42.8 Å². The van der Waals surface area contributed by atoms with Gasteiger partial charge in [0.25, 0.3) is 10.4 Å². The standard InChI is InChI=1S/C23H23NO10S2/c1-3-34-36-21(31)35-12-5-4-9-13(16(12)26)17(27)14-10(22(9,2)32)6-8-7-11(25)15(20(24)30)19(29)23(8,33)18(14)28/h4-5,8,10,26-27,29,32-33H,3,6-7H2,1-2H3,(H2,24,30)/t8-,10-,22-,23-/m0/s1. The number of hydrogen-bond acceptors (Lipinski definition) is 12. The highest BCUT2D eigenvalue weighted by Crippen LogP contribution is 2.57. The maximum atomic E-state index is 13.6. The zero-order valence-corrected chi connectivity index (χ0v) is 20.7. The van der Waals surface area contributed by atoms with E-state index in [9.17, 15) is 44.7 Å². The average molecular weight is 538 g/mol. The van der Waals surface area contributed by atoms with Crippen molar-refractivity contribution in [2.24, 2.45) is 17.6 Å². The van der Waals surface area contributed by atoms with Crippen LogP contribution in [0.1, 0.15) is 37.8 Å². The molecule has 11 nitrogen and oxygen atoms in total. The molecule has 192 valence electrons. The van der Waals surface area contributed by atoms with E-state index in [1.807, 2.05) is 0 Å². The molecule has 0 aromatic heterocycles. The topological polar surface area (TPSA) is 205 Å². The molecule has 3 aliphatic carbocycles. The lowest BCUT2D eigenvalue weighted by atomic mass is 9.56. The molecule has 1 aromatic rings. The van der Waals surface area contributed by atoms with E-state index in [4.69, 9.17) is 9.92 Å². The number of primary amides is 1. The van der Waals surface area contributed by atoms with Gasteiger partial charge in [-0.25, -0.2) is 0 Å². The molecular formula is C23H23NO10S2. The Kier molecular flexibility index (Phi) is 6.50. The Morgan fingerprint density at radius 1 is 1.19 bits per heavy atom. The molecule has 0 unspecified atom stereocenters. The fourth-order valence-corrected chi connectivity index (χ4v) is 6.47. The van der Waals surface area contributed by atoms with E-state index in [2.05, 4.69) is 0 Å². The smallest absolute Gasteiger partial charge is 0.277 e. The van der Waals surface area contributed by atoms with Gasteiger partial charge in [0.2, 0.25) is 5.78 Å². The molecule has 1 fully saturated rings. The summed E-state index contributed by atoms with van der Waals surface area (Å²) in [6.07, 6.45) is -0.727. The number of benzene rings is 1. The van der Waals surface area contributed by atoms with Crippen LogP contribution in [0.25, 0.3) is 5.76 Å². The first-order chi connectivity index (χ1) is 16.8. The molecule has 1 amide bonds. The molecule has 7 N–H and O–H groups in total. The van der Waals surface area contributed by atoms with Gasteiger partial charge in [-0.2, -0.15) is 0 Å². The molecule has 1 saturated carbocycles. The number of phenolic OH excluding ortho intramolecular Hbond substituents is 1. The molecule has 13 heteroatoms. The van der Waals surface area contributed by atoms with Gasteiger partial charge < -0.3 is 35.4 Å². The van der Waals surface area contributed by atoms with Crippen molar-refractivity contribution in [3.63, 3.8) is 0 Å². The maximum Gasteiger partial charge on any atom is 0.277 e. The van der Waals surface area contributed by atoms with Crippen LogP contribution in [-0.4, -0.2) is 59.7 Å². The van der Waals surface area contributed by atoms with E-state index in [1.165, 1.54) is 19.1 Å². The number of carbonyl (C=O) groups excluding carboxylic acids is 4. The number of aliphatic hydroxyl groups excluding tert-OH is 2. The number of hydrogen-bond donors (Lipinski definition) is 6. The second kappa shape index (κ2) is 8.92.